The molecule has 0 radical (unpaired) electrons. The Balaban J connectivity index is 1.96. The van der Waals surface area contributed by atoms with Gasteiger partial charge in [-0.2, -0.15) is 0 Å². The molecule has 0 bridgehead atoms. The minimum atomic E-state index is 0.153. The fourth-order valence-corrected chi connectivity index (χ4v) is 2.02. The van der Waals surface area contributed by atoms with Crippen molar-refractivity contribution in [3.8, 4) is 0 Å². The Labute approximate surface area is 103 Å². The average Bonchev–Trinajstić information content (AvgIpc) is 3.12. The van der Waals surface area contributed by atoms with Crippen LogP contribution in [0.3, 0.4) is 0 Å². The van der Waals surface area contributed by atoms with Crippen molar-refractivity contribution in [1.82, 2.24) is 0 Å². The van der Waals surface area contributed by atoms with Crippen LogP contribution in [0.4, 0.5) is 5.69 Å². The van der Waals surface area contributed by atoms with Gasteiger partial charge in [-0.25, -0.2) is 0 Å². The van der Waals surface area contributed by atoms with Gasteiger partial charge in [-0.3, -0.25) is 4.79 Å². The smallest absolute Gasteiger partial charge is 0.227 e. The van der Waals surface area contributed by atoms with E-state index in [-0.39, 0.29) is 11.8 Å². The molecule has 0 saturated heterocycles. The summed E-state index contributed by atoms with van der Waals surface area (Å²) in [5, 5.41) is 2.99. The molecule has 0 aliphatic heterocycles. The lowest BCUT2D eigenvalue weighted by molar-refractivity contribution is -0.119. The van der Waals surface area contributed by atoms with Gasteiger partial charge in [0.1, 0.15) is 0 Å². The minimum Gasteiger partial charge on any atom is -0.326 e. The first kappa shape index (κ1) is 12.2. The number of nitrogens with one attached hydrogen (secondary N) is 1. The number of hydrogen-bond acceptors (Lipinski definition) is 1. The first-order chi connectivity index (χ1) is 8.08. The molecule has 1 aromatic rings. The molecule has 92 valence electrons. The maximum Gasteiger partial charge on any atom is 0.227 e. The second-order valence-electron chi connectivity index (χ2n) is 5.39. The fourth-order valence-electron chi connectivity index (χ4n) is 2.02. The molecule has 0 spiro atoms. The summed E-state index contributed by atoms with van der Waals surface area (Å²) in [5.41, 5.74) is 2.21. The van der Waals surface area contributed by atoms with Crippen LogP contribution in [0.15, 0.2) is 24.3 Å². The van der Waals surface area contributed by atoms with E-state index in [9.17, 15) is 4.79 Å². The third-order valence-electron chi connectivity index (χ3n) is 3.59. The highest BCUT2D eigenvalue weighted by Gasteiger charge is 2.32. The molecule has 1 aliphatic rings. The van der Waals surface area contributed by atoms with Crippen molar-refractivity contribution in [2.75, 3.05) is 5.32 Å². The van der Waals surface area contributed by atoms with Crippen molar-refractivity contribution in [2.45, 2.75) is 39.5 Å². The van der Waals surface area contributed by atoms with Gasteiger partial charge < -0.3 is 5.32 Å². The number of carbonyl (C=O) groups is 1. The number of rotatable bonds is 4. The van der Waals surface area contributed by atoms with Crippen LogP contribution < -0.4 is 5.32 Å². The van der Waals surface area contributed by atoms with Gasteiger partial charge in [-0.1, -0.05) is 32.9 Å². The lowest BCUT2D eigenvalue weighted by atomic mass is 10.0. The Morgan fingerprint density at radius 3 is 2.24 bits per heavy atom. The van der Waals surface area contributed by atoms with Crippen LogP contribution in [0.25, 0.3) is 0 Å². The number of amides is 1. The Morgan fingerprint density at radius 2 is 1.76 bits per heavy atom. The molecule has 0 aromatic heterocycles. The Hall–Kier alpha value is -1.31. The van der Waals surface area contributed by atoms with Gasteiger partial charge in [-0.15, -0.1) is 0 Å². The van der Waals surface area contributed by atoms with E-state index in [0.29, 0.717) is 11.8 Å². The number of hydrogen-bond donors (Lipinski definition) is 1. The minimum absolute atomic E-state index is 0.153. The lowest BCUT2D eigenvalue weighted by Crippen LogP contribution is -2.21. The van der Waals surface area contributed by atoms with Gasteiger partial charge in [0.2, 0.25) is 5.91 Å². The summed E-state index contributed by atoms with van der Waals surface area (Å²) in [6.45, 7) is 6.36. The number of anilines is 1. The van der Waals surface area contributed by atoms with Crippen LogP contribution in [-0.4, -0.2) is 5.91 Å². The topological polar surface area (TPSA) is 29.1 Å². The SMILES string of the molecule is CC(C)c1ccc(NC(=O)C(C)C2CC2)cc1. The van der Waals surface area contributed by atoms with Gasteiger partial charge in [0.25, 0.3) is 0 Å². The van der Waals surface area contributed by atoms with Crippen molar-refractivity contribution in [3.05, 3.63) is 29.8 Å². The van der Waals surface area contributed by atoms with Crippen molar-refractivity contribution >= 4 is 11.6 Å². The molecule has 1 aromatic carbocycles. The molecule has 0 heterocycles. The van der Waals surface area contributed by atoms with Crippen molar-refractivity contribution in [2.24, 2.45) is 11.8 Å². The van der Waals surface area contributed by atoms with E-state index >= 15 is 0 Å². The summed E-state index contributed by atoms with van der Waals surface area (Å²) in [7, 11) is 0. The molecule has 1 atom stereocenters. The zero-order valence-electron chi connectivity index (χ0n) is 10.9. The molecular weight excluding hydrogens is 210 g/mol. The fraction of sp³-hybridized carbons (Fsp3) is 0.533. The van der Waals surface area contributed by atoms with E-state index < -0.39 is 0 Å². The summed E-state index contributed by atoms with van der Waals surface area (Å²) in [5.74, 6) is 1.46. The predicted molar refractivity (Wildman–Crippen MR) is 71.0 cm³/mol. The van der Waals surface area contributed by atoms with E-state index in [1.54, 1.807) is 0 Å². The van der Waals surface area contributed by atoms with E-state index in [0.717, 1.165) is 5.69 Å². The van der Waals surface area contributed by atoms with Crippen LogP contribution >= 0.6 is 0 Å². The van der Waals surface area contributed by atoms with Crippen molar-refractivity contribution < 1.29 is 4.79 Å². The second kappa shape index (κ2) is 4.91. The average molecular weight is 231 g/mol. The molecule has 17 heavy (non-hydrogen) atoms. The molecule has 1 amide bonds. The van der Waals surface area contributed by atoms with Crippen LogP contribution in [0.2, 0.25) is 0 Å². The quantitative estimate of drug-likeness (QED) is 0.839. The van der Waals surface area contributed by atoms with Crippen molar-refractivity contribution in [3.63, 3.8) is 0 Å². The molecule has 1 aliphatic carbocycles. The Bertz CT molecular complexity index is 390. The van der Waals surface area contributed by atoms with Crippen molar-refractivity contribution in [1.29, 1.82) is 0 Å². The highest BCUT2D eigenvalue weighted by Crippen LogP contribution is 2.37. The zero-order chi connectivity index (χ0) is 12.4. The van der Waals surface area contributed by atoms with Crippen LogP contribution in [-0.2, 0) is 4.79 Å². The van der Waals surface area contributed by atoms with E-state index in [1.807, 2.05) is 19.1 Å². The maximum atomic E-state index is 11.9. The van der Waals surface area contributed by atoms with E-state index in [2.05, 4.69) is 31.3 Å². The lowest BCUT2D eigenvalue weighted by Gasteiger charge is -2.12. The standard InChI is InChI=1S/C15H21NO/c1-10(2)12-6-8-14(9-7-12)16-15(17)11(3)13-4-5-13/h6-11,13H,4-5H2,1-3H3,(H,16,17). The summed E-state index contributed by atoms with van der Waals surface area (Å²) < 4.78 is 0. The van der Waals surface area contributed by atoms with E-state index in [1.165, 1.54) is 18.4 Å². The zero-order valence-corrected chi connectivity index (χ0v) is 10.9. The number of carbonyl (C=O) groups excluding carboxylic acids is 1. The second-order valence-corrected chi connectivity index (χ2v) is 5.39. The van der Waals surface area contributed by atoms with Gasteiger partial charge in [0, 0.05) is 11.6 Å². The Kier molecular flexibility index (Phi) is 3.51. The van der Waals surface area contributed by atoms with E-state index in [4.69, 9.17) is 0 Å². The molecule has 2 rings (SSSR count). The largest absolute Gasteiger partial charge is 0.326 e. The molecule has 2 nitrogen and oxygen atoms in total. The van der Waals surface area contributed by atoms with Gasteiger partial charge >= 0.3 is 0 Å². The normalized spacial score (nSPS) is 16.9. The highest BCUT2D eigenvalue weighted by atomic mass is 16.1. The van der Waals surface area contributed by atoms with Gasteiger partial charge in [0.05, 0.1) is 0 Å². The molecule has 1 unspecified atom stereocenters. The predicted octanol–water partition coefficient (Wildman–Crippen LogP) is 3.79. The highest BCUT2D eigenvalue weighted by molar-refractivity contribution is 5.92. The summed E-state index contributed by atoms with van der Waals surface area (Å²) in [4.78, 5) is 11.9. The first-order valence-electron chi connectivity index (χ1n) is 6.48. The van der Waals surface area contributed by atoms with Gasteiger partial charge in [-0.05, 0) is 42.4 Å². The molecule has 1 N–H and O–H groups in total. The number of benzene rings is 1. The molecule has 1 saturated carbocycles. The van der Waals surface area contributed by atoms with Crippen LogP contribution in [0.5, 0.6) is 0 Å². The van der Waals surface area contributed by atoms with Gasteiger partial charge in [0.15, 0.2) is 0 Å². The summed E-state index contributed by atoms with van der Waals surface area (Å²) in [6.07, 6.45) is 2.42. The Morgan fingerprint density at radius 1 is 1.18 bits per heavy atom. The maximum absolute atomic E-state index is 11.9. The first-order valence-corrected chi connectivity index (χ1v) is 6.48. The van der Waals surface area contributed by atoms with Crippen LogP contribution in [0, 0.1) is 11.8 Å². The summed E-state index contributed by atoms with van der Waals surface area (Å²) >= 11 is 0. The third kappa shape index (κ3) is 3.09. The summed E-state index contributed by atoms with van der Waals surface area (Å²) in [6, 6.07) is 8.16. The molecule has 1 fully saturated rings. The third-order valence-corrected chi connectivity index (χ3v) is 3.59. The molecule has 2 heteroatoms. The monoisotopic (exact) mass is 231 g/mol. The van der Waals surface area contributed by atoms with Crippen LogP contribution in [0.1, 0.15) is 45.1 Å². The molecular formula is C15H21NO.